The molecule has 2 unspecified atom stereocenters. The van der Waals surface area contributed by atoms with Crippen LogP contribution in [0, 0.1) is 18.8 Å². The van der Waals surface area contributed by atoms with Crippen LogP contribution in [0.3, 0.4) is 0 Å². The Morgan fingerprint density at radius 3 is 2.21 bits per heavy atom. The minimum atomic E-state index is -0.427. The number of aromatic nitrogens is 4. The van der Waals surface area contributed by atoms with Crippen molar-refractivity contribution in [2.24, 2.45) is 18.9 Å². The number of benzene rings is 2. The zero-order valence-corrected chi connectivity index (χ0v) is 21.7. The molecule has 2 fully saturated rings. The van der Waals surface area contributed by atoms with Crippen LogP contribution in [0.2, 0.25) is 0 Å². The van der Waals surface area contributed by atoms with Gasteiger partial charge in [-0.15, -0.1) is 0 Å². The summed E-state index contributed by atoms with van der Waals surface area (Å²) < 4.78 is 8.13. The Kier molecular flexibility index (Phi) is 5.33. The van der Waals surface area contributed by atoms with E-state index < -0.39 is 6.10 Å². The first kappa shape index (κ1) is 23.1. The van der Waals surface area contributed by atoms with Crippen LogP contribution in [0.15, 0.2) is 66.9 Å². The van der Waals surface area contributed by atoms with E-state index in [1.807, 2.05) is 68.4 Å². The standard InChI is InChI=1S/C30H30N6O2/c1-17-25(16-35(3)34-17)27-13-12-26(32-33-27)18(2)36(28-23-14-31-15-24(23)28)30(37)38-29-21-10-6-4-8-19(21)20-9-5-7-11-22(20)29/h4-13,16,18,23-24,28-29,31H,14-15H2,1-3H3/t18?,23-,24+,28?. The summed E-state index contributed by atoms with van der Waals surface area (Å²) in [7, 11) is 1.90. The first-order chi connectivity index (χ1) is 18.5. The monoisotopic (exact) mass is 506 g/mol. The average Bonchev–Trinajstić information content (AvgIpc) is 3.24. The average molecular weight is 507 g/mol. The van der Waals surface area contributed by atoms with Crippen molar-refractivity contribution >= 4 is 6.09 Å². The highest BCUT2D eigenvalue weighted by Gasteiger charge is 2.59. The molecule has 0 bridgehead atoms. The number of hydrogen-bond acceptors (Lipinski definition) is 6. The van der Waals surface area contributed by atoms with Crippen LogP contribution in [0.4, 0.5) is 4.79 Å². The van der Waals surface area contributed by atoms with Gasteiger partial charge in [-0.3, -0.25) is 9.58 Å². The lowest BCUT2D eigenvalue weighted by Gasteiger charge is -2.31. The minimum absolute atomic E-state index is 0.132. The van der Waals surface area contributed by atoms with Crippen molar-refractivity contribution < 1.29 is 9.53 Å². The van der Waals surface area contributed by atoms with Crippen LogP contribution in [0.25, 0.3) is 22.4 Å². The Morgan fingerprint density at radius 2 is 1.63 bits per heavy atom. The van der Waals surface area contributed by atoms with Gasteiger partial charge >= 0.3 is 6.09 Å². The van der Waals surface area contributed by atoms with Gasteiger partial charge in [0.1, 0.15) is 0 Å². The fraction of sp³-hybridized carbons (Fsp3) is 0.333. The van der Waals surface area contributed by atoms with Gasteiger partial charge in [-0.2, -0.15) is 15.3 Å². The van der Waals surface area contributed by atoms with E-state index >= 15 is 0 Å². The Hall–Kier alpha value is -4.04. The molecule has 1 aliphatic heterocycles. The summed E-state index contributed by atoms with van der Waals surface area (Å²) in [5, 5.41) is 16.9. The lowest BCUT2D eigenvalue weighted by atomic mass is 10.1. The fourth-order valence-electron chi connectivity index (χ4n) is 6.44. The molecule has 192 valence electrons. The Bertz CT molecular complexity index is 1470. The number of fused-ring (bicyclic) bond motifs is 4. The lowest BCUT2D eigenvalue weighted by molar-refractivity contribution is 0.0589. The van der Waals surface area contributed by atoms with E-state index in [2.05, 4.69) is 44.9 Å². The highest BCUT2D eigenvalue weighted by molar-refractivity contribution is 5.80. The van der Waals surface area contributed by atoms with Crippen molar-refractivity contribution in [1.29, 1.82) is 0 Å². The second-order valence-corrected chi connectivity index (χ2v) is 10.6. The van der Waals surface area contributed by atoms with Crippen molar-refractivity contribution in [3.63, 3.8) is 0 Å². The van der Waals surface area contributed by atoms with E-state index in [0.29, 0.717) is 11.8 Å². The van der Waals surface area contributed by atoms with Crippen LogP contribution in [0.1, 0.15) is 41.6 Å². The molecule has 1 N–H and O–H groups in total. The molecule has 1 saturated heterocycles. The second-order valence-electron chi connectivity index (χ2n) is 10.6. The molecule has 4 aromatic rings. The summed E-state index contributed by atoms with van der Waals surface area (Å²) in [5.74, 6) is 0.886. The van der Waals surface area contributed by atoms with Crippen molar-refractivity contribution in [2.45, 2.75) is 32.0 Å². The van der Waals surface area contributed by atoms with Crippen molar-refractivity contribution in [3.8, 4) is 22.4 Å². The van der Waals surface area contributed by atoms with Crippen molar-refractivity contribution in [1.82, 2.24) is 30.2 Å². The SMILES string of the molecule is Cc1nn(C)cc1-c1ccc(C(C)N(C(=O)OC2c3ccccc3-c3ccccc32)C2[C@H]3CNC[C@@H]23)nn1. The van der Waals surface area contributed by atoms with Gasteiger partial charge in [0, 0.05) is 49.1 Å². The topological polar surface area (TPSA) is 85.2 Å². The lowest BCUT2D eigenvalue weighted by Crippen LogP contribution is -2.41. The minimum Gasteiger partial charge on any atom is -0.436 e. The molecule has 2 aliphatic carbocycles. The van der Waals surface area contributed by atoms with Gasteiger partial charge in [0.25, 0.3) is 0 Å². The van der Waals surface area contributed by atoms with Crippen LogP contribution in [-0.2, 0) is 11.8 Å². The number of nitrogens with zero attached hydrogens (tertiary/aromatic N) is 5. The molecule has 8 nitrogen and oxygen atoms in total. The summed E-state index contributed by atoms with van der Waals surface area (Å²) in [6.45, 7) is 5.83. The van der Waals surface area contributed by atoms with Crippen LogP contribution in [-0.4, -0.2) is 50.1 Å². The van der Waals surface area contributed by atoms with Crippen LogP contribution in [0.5, 0.6) is 0 Å². The highest BCUT2D eigenvalue weighted by Crippen LogP contribution is 2.50. The summed E-state index contributed by atoms with van der Waals surface area (Å²) in [6, 6.07) is 20.2. The molecule has 0 spiro atoms. The number of rotatable bonds is 5. The number of hydrogen-bond donors (Lipinski definition) is 1. The molecule has 3 heterocycles. The number of carbonyl (C=O) groups is 1. The Balaban J connectivity index is 1.19. The molecular formula is C30H30N6O2. The first-order valence-corrected chi connectivity index (χ1v) is 13.2. The van der Waals surface area contributed by atoms with Crippen LogP contribution < -0.4 is 5.32 Å². The molecule has 1 amide bonds. The normalized spacial score (nSPS) is 21.9. The summed E-state index contributed by atoms with van der Waals surface area (Å²) in [6.07, 6.45) is 1.22. The fourth-order valence-corrected chi connectivity index (χ4v) is 6.44. The van der Waals surface area contributed by atoms with Gasteiger partial charge in [-0.05, 0) is 48.9 Å². The molecule has 2 aromatic heterocycles. The molecule has 0 radical (unpaired) electrons. The van der Waals surface area contributed by atoms with E-state index in [-0.39, 0.29) is 18.2 Å². The van der Waals surface area contributed by atoms with Gasteiger partial charge < -0.3 is 10.1 Å². The smallest absolute Gasteiger partial charge is 0.411 e. The largest absolute Gasteiger partial charge is 0.436 e. The molecule has 3 aliphatic rings. The maximum Gasteiger partial charge on any atom is 0.411 e. The molecule has 8 heteroatoms. The van der Waals surface area contributed by atoms with Gasteiger partial charge in [0.2, 0.25) is 0 Å². The van der Waals surface area contributed by atoms with Crippen LogP contribution >= 0.6 is 0 Å². The van der Waals surface area contributed by atoms with E-state index in [1.54, 1.807) is 4.68 Å². The number of nitrogens with one attached hydrogen (secondary N) is 1. The number of piperidine rings is 1. The zero-order valence-electron chi connectivity index (χ0n) is 21.7. The van der Waals surface area contributed by atoms with Gasteiger partial charge in [-0.1, -0.05) is 48.5 Å². The summed E-state index contributed by atoms with van der Waals surface area (Å²) in [4.78, 5) is 15.9. The van der Waals surface area contributed by atoms with E-state index in [0.717, 1.165) is 58.0 Å². The van der Waals surface area contributed by atoms with Gasteiger partial charge in [0.05, 0.1) is 23.1 Å². The van der Waals surface area contributed by atoms with Crippen molar-refractivity contribution in [3.05, 3.63) is 89.4 Å². The molecule has 7 rings (SSSR count). The van der Waals surface area contributed by atoms with Gasteiger partial charge in [0.15, 0.2) is 6.10 Å². The molecule has 4 atom stereocenters. The maximum absolute atomic E-state index is 14.0. The molecule has 38 heavy (non-hydrogen) atoms. The van der Waals surface area contributed by atoms with E-state index in [4.69, 9.17) is 4.74 Å². The predicted octanol–water partition coefficient (Wildman–Crippen LogP) is 4.67. The number of amides is 1. The third kappa shape index (κ3) is 3.62. The Labute approximate surface area is 221 Å². The second kappa shape index (κ2) is 8.77. The van der Waals surface area contributed by atoms with E-state index in [1.165, 1.54) is 0 Å². The number of ether oxygens (including phenoxy) is 1. The summed E-state index contributed by atoms with van der Waals surface area (Å²) in [5.41, 5.74) is 7.69. The third-order valence-corrected chi connectivity index (χ3v) is 8.39. The van der Waals surface area contributed by atoms with E-state index in [9.17, 15) is 4.79 Å². The molecular weight excluding hydrogens is 476 g/mol. The van der Waals surface area contributed by atoms with Gasteiger partial charge in [-0.25, -0.2) is 4.79 Å². The first-order valence-electron chi connectivity index (χ1n) is 13.2. The zero-order chi connectivity index (χ0) is 26.0. The predicted molar refractivity (Wildman–Crippen MR) is 143 cm³/mol. The quantitative estimate of drug-likeness (QED) is 0.423. The summed E-state index contributed by atoms with van der Waals surface area (Å²) >= 11 is 0. The molecule has 2 aromatic carbocycles. The van der Waals surface area contributed by atoms with Crippen molar-refractivity contribution in [2.75, 3.05) is 13.1 Å². The Morgan fingerprint density at radius 1 is 0.974 bits per heavy atom. The number of carbonyl (C=O) groups excluding carboxylic acids is 1. The number of aryl methyl sites for hydroxylation is 2. The third-order valence-electron chi connectivity index (χ3n) is 8.39. The molecule has 1 saturated carbocycles. The maximum atomic E-state index is 14.0. The highest BCUT2D eigenvalue weighted by atomic mass is 16.6.